The molecule has 1 rings (SSSR count). The quantitative estimate of drug-likeness (QED) is 0.573. The number of carbonyl (C=O) groups is 1. The Morgan fingerprint density at radius 2 is 2.05 bits per heavy atom. The van der Waals surface area contributed by atoms with E-state index in [1.807, 2.05) is 11.8 Å². The molecule has 21 heavy (non-hydrogen) atoms. The van der Waals surface area contributed by atoms with Crippen molar-refractivity contribution < 1.29 is 9.72 Å². The Kier molecular flexibility index (Phi) is 6.58. The van der Waals surface area contributed by atoms with E-state index in [2.05, 4.69) is 0 Å². The summed E-state index contributed by atoms with van der Waals surface area (Å²) in [4.78, 5) is 25.7. The van der Waals surface area contributed by atoms with Gasteiger partial charge in [-0.2, -0.15) is 0 Å². The molecular weight excluding hydrogens is 294 g/mol. The first-order chi connectivity index (χ1) is 9.85. The third-order valence-electron chi connectivity index (χ3n) is 3.03. The van der Waals surface area contributed by atoms with Crippen LogP contribution in [0.3, 0.4) is 0 Å². The van der Waals surface area contributed by atoms with Crippen LogP contribution in [0.15, 0.2) is 18.2 Å². The van der Waals surface area contributed by atoms with Crippen molar-refractivity contribution in [3.8, 4) is 0 Å². The summed E-state index contributed by atoms with van der Waals surface area (Å²) in [6.07, 6.45) is 0.882. The van der Waals surface area contributed by atoms with Gasteiger partial charge < -0.3 is 4.90 Å². The zero-order valence-corrected chi connectivity index (χ0v) is 13.3. The highest BCUT2D eigenvalue weighted by molar-refractivity contribution is 6.31. The molecule has 1 amide bonds. The first-order valence-corrected chi connectivity index (χ1v) is 7.08. The van der Waals surface area contributed by atoms with Crippen molar-refractivity contribution in [3.05, 3.63) is 38.9 Å². The number of benzene rings is 1. The molecule has 0 aliphatic heterocycles. The fourth-order valence-corrected chi connectivity index (χ4v) is 2.08. The standard InChI is InChI=1S/C14H20ClN3O3/c1-4-7-17(10-14(19)16(2)3)9-11-8-12(18(20)21)5-6-13(11)15/h5-6,8H,4,7,9-10H2,1-3H3. The van der Waals surface area contributed by atoms with Crippen LogP contribution in [0.25, 0.3) is 0 Å². The summed E-state index contributed by atoms with van der Waals surface area (Å²) in [6.45, 7) is 3.41. The minimum Gasteiger partial charge on any atom is -0.348 e. The fourth-order valence-electron chi connectivity index (χ4n) is 1.90. The fraction of sp³-hybridized carbons (Fsp3) is 0.500. The van der Waals surface area contributed by atoms with Gasteiger partial charge in [-0.05, 0) is 24.6 Å². The number of hydrogen-bond acceptors (Lipinski definition) is 4. The average molecular weight is 314 g/mol. The highest BCUT2D eigenvalue weighted by atomic mass is 35.5. The van der Waals surface area contributed by atoms with Crippen LogP contribution in [0.5, 0.6) is 0 Å². The number of likely N-dealkylation sites (N-methyl/N-ethyl adjacent to an activating group) is 1. The van der Waals surface area contributed by atoms with Gasteiger partial charge in [0.15, 0.2) is 0 Å². The average Bonchev–Trinajstić information content (AvgIpc) is 2.40. The number of amides is 1. The van der Waals surface area contributed by atoms with Crippen molar-refractivity contribution in [2.24, 2.45) is 0 Å². The molecule has 0 saturated carbocycles. The van der Waals surface area contributed by atoms with Crippen LogP contribution in [0.2, 0.25) is 5.02 Å². The van der Waals surface area contributed by atoms with E-state index in [4.69, 9.17) is 11.6 Å². The third kappa shape index (κ3) is 5.32. The number of nitrogens with zero attached hydrogens (tertiary/aromatic N) is 3. The van der Waals surface area contributed by atoms with Crippen LogP contribution in [0.1, 0.15) is 18.9 Å². The molecule has 6 nitrogen and oxygen atoms in total. The molecule has 0 aliphatic carbocycles. The first kappa shape index (κ1) is 17.4. The van der Waals surface area contributed by atoms with Gasteiger partial charge in [0.05, 0.1) is 11.5 Å². The summed E-state index contributed by atoms with van der Waals surface area (Å²) in [7, 11) is 3.40. The van der Waals surface area contributed by atoms with Gasteiger partial charge in [0.1, 0.15) is 0 Å². The number of nitro benzene ring substituents is 1. The van der Waals surface area contributed by atoms with Crippen molar-refractivity contribution in [1.29, 1.82) is 0 Å². The number of nitro groups is 1. The number of halogens is 1. The van der Waals surface area contributed by atoms with Gasteiger partial charge in [0.2, 0.25) is 5.91 Å². The van der Waals surface area contributed by atoms with Gasteiger partial charge in [0, 0.05) is 37.8 Å². The van der Waals surface area contributed by atoms with Gasteiger partial charge in [-0.15, -0.1) is 0 Å². The van der Waals surface area contributed by atoms with Crippen molar-refractivity contribution in [2.45, 2.75) is 19.9 Å². The molecule has 0 N–H and O–H groups in total. The maximum Gasteiger partial charge on any atom is 0.269 e. The molecule has 1 aromatic carbocycles. The van der Waals surface area contributed by atoms with Gasteiger partial charge in [-0.3, -0.25) is 19.8 Å². The molecule has 0 heterocycles. The molecule has 116 valence electrons. The summed E-state index contributed by atoms with van der Waals surface area (Å²) in [5.41, 5.74) is 0.663. The Morgan fingerprint density at radius 1 is 1.38 bits per heavy atom. The molecule has 0 unspecified atom stereocenters. The maximum absolute atomic E-state index is 11.8. The van der Waals surface area contributed by atoms with E-state index in [1.165, 1.54) is 23.1 Å². The van der Waals surface area contributed by atoms with E-state index in [0.717, 1.165) is 13.0 Å². The number of hydrogen-bond donors (Lipinski definition) is 0. The molecule has 0 atom stereocenters. The maximum atomic E-state index is 11.8. The second-order valence-corrected chi connectivity index (χ2v) is 5.44. The molecule has 1 aromatic rings. The number of rotatable bonds is 7. The summed E-state index contributed by atoms with van der Waals surface area (Å²) in [5, 5.41) is 11.3. The summed E-state index contributed by atoms with van der Waals surface area (Å²) < 4.78 is 0. The lowest BCUT2D eigenvalue weighted by Crippen LogP contribution is -2.36. The van der Waals surface area contributed by atoms with E-state index in [-0.39, 0.29) is 18.1 Å². The number of non-ortho nitro benzene ring substituents is 1. The molecule has 0 spiro atoms. The summed E-state index contributed by atoms with van der Waals surface area (Å²) in [5.74, 6) is -0.00926. The molecular formula is C14H20ClN3O3. The van der Waals surface area contributed by atoms with Gasteiger partial charge in [-0.1, -0.05) is 18.5 Å². The van der Waals surface area contributed by atoms with Crippen LogP contribution in [-0.4, -0.2) is 47.8 Å². The van der Waals surface area contributed by atoms with Crippen molar-refractivity contribution in [3.63, 3.8) is 0 Å². The lowest BCUT2D eigenvalue weighted by atomic mass is 10.2. The van der Waals surface area contributed by atoms with E-state index < -0.39 is 4.92 Å². The lowest BCUT2D eigenvalue weighted by Gasteiger charge is -2.23. The Labute approximate surface area is 129 Å². The molecule has 0 aromatic heterocycles. The normalized spacial score (nSPS) is 10.7. The summed E-state index contributed by atoms with van der Waals surface area (Å²) in [6, 6.07) is 4.36. The van der Waals surface area contributed by atoms with Crippen LogP contribution < -0.4 is 0 Å². The van der Waals surface area contributed by atoms with Crippen molar-refractivity contribution >= 4 is 23.2 Å². The van der Waals surface area contributed by atoms with Gasteiger partial charge in [0.25, 0.3) is 5.69 Å². The minimum absolute atomic E-state index is 0.00443. The predicted molar refractivity (Wildman–Crippen MR) is 82.4 cm³/mol. The molecule has 0 saturated heterocycles. The van der Waals surface area contributed by atoms with Crippen molar-refractivity contribution in [2.75, 3.05) is 27.2 Å². The largest absolute Gasteiger partial charge is 0.348 e. The van der Waals surface area contributed by atoms with Crippen LogP contribution >= 0.6 is 11.6 Å². The zero-order chi connectivity index (χ0) is 16.0. The molecule has 0 radical (unpaired) electrons. The van der Waals surface area contributed by atoms with E-state index in [1.54, 1.807) is 14.1 Å². The Morgan fingerprint density at radius 3 is 2.57 bits per heavy atom. The Balaban J connectivity index is 2.90. The predicted octanol–water partition coefficient (Wildman–Crippen LogP) is 2.55. The second-order valence-electron chi connectivity index (χ2n) is 5.03. The van der Waals surface area contributed by atoms with Crippen LogP contribution in [0.4, 0.5) is 5.69 Å². The van der Waals surface area contributed by atoms with Crippen LogP contribution in [-0.2, 0) is 11.3 Å². The molecule has 0 bridgehead atoms. The minimum atomic E-state index is -0.449. The monoisotopic (exact) mass is 313 g/mol. The molecule has 7 heteroatoms. The molecule has 0 aliphatic rings. The molecule has 0 fully saturated rings. The van der Waals surface area contributed by atoms with E-state index in [9.17, 15) is 14.9 Å². The van der Waals surface area contributed by atoms with Crippen LogP contribution in [0, 0.1) is 10.1 Å². The van der Waals surface area contributed by atoms with E-state index in [0.29, 0.717) is 17.1 Å². The first-order valence-electron chi connectivity index (χ1n) is 6.70. The zero-order valence-electron chi connectivity index (χ0n) is 12.5. The second kappa shape index (κ2) is 7.95. The highest BCUT2D eigenvalue weighted by Crippen LogP contribution is 2.23. The van der Waals surface area contributed by atoms with Gasteiger partial charge in [-0.25, -0.2) is 0 Å². The smallest absolute Gasteiger partial charge is 0.269 e. The SMILES string of the molecule is CCCN(CC(=O)N(C)C)Cc1cc([N+](=O)[O-])ccc1Cl. The lowest BCUT2D eigenvalue weighted by molar-refractivity contribution is -0.384. The summed E-state index contributed by atoms with van der Waals surface area (Å²) >= 11 is 6.10. The topological polar surface area (TPSA) is 66.7 Å². The van der Waals surface area contributed by atoms with Crippen molar-refractivity contribution in [1.82, 2.24) is 9.80 Å². The Bertz CT molecular complexity index is 520. The highest BCUT2D eigenvalue weighted by Gasteiger charge is 2.16. The number of carbonyl (C=O) groups excluding carboxylic acids is 1. The van der Waals surface area contributed by atoms with Gasteiger partial charge >= 0.3 is 0 Å². The Hall–Kier alpha value is -1.66. The third-order valence-corrected chi connectivity index (χ3v) is 3.40. The van der Waals surface area contributed by atoms with E-state index >= 15 is 0 Å².